The van der Waals surface area contributed by atoms with Crippen LogP contribution in [0.5, 0.6) is 0 Å². The molecule has 2 heterocycles. The molecule has 0 amide bonds. The lowest BCUT2D eigenvalue weighted by atomic mass is 10.0. The molecule has 1 aliphatic rings. The van der Waals surface area contributed by atoms with Crippen LogP contribution in [0.3, 0.4) is 0 Å². The standard InChI is InChI=1S/C13H20ClN3/c1-16(2)13-4-3-7-17(10-13)12-5-6-15-11(8-12)9-14/h5-6,8,13H,3-4,7,9-10H2,1-2H3. The number of hydrogen-bond acceptors (Lipinski definition) is 3. The molecule has 1 aromatic rings. The Morgan fingerprint density at radius 1 is 1.53 bits per heavy atom. The van der Waals surface area contributed by atoms with Gasteiger partial charge in [-0.15, -0.1) is 11.6 Å². The summed E-state index contributed by atoms with van der Waals surface area (Å²) in [5.74, 6) is 0.485. The Labute approximate surface area is 108 Å². The molecule has 17 heavy (non-hydrogen) atoms. The molecule has 2 rings (SSSR count). The maximum absolute atomic E-state index is 5.83. The van der Waals surface area contributed by atoms with Crippen LogP contribution in [0.25, 0.3) is 0 Å². The topological polar surface area (TPSA) is 19.4 Å². The zero-order valence-electron chi connectivity index (χ0n) is 10.6. The van der Waals surface area contributed by atoms with E-state index in [2.05, 4.69) is 41.0 Å². The van der Waals surface area contributed by atoms with Crippen molar-refractivity contribution in [3.8, 4) is 0 Å². The molecule has 1 saturated heterocycles. The fourth-order valence-electron chi connectivity index (χ4n) is 2.35. The molecule has 0 radical (unpaired) electrons. The number of alkyl halides is 1. The van der Waals surface area contributed by atoms with Crippen molar-refractivity contribution in [2.45, 2.75) is 24.8 Å². The molecule has 1 aromatic heterocycles. The highest BCUT2D eigenvalue weighted by Gasteiger charge is 2.21. The van der Waals surface area contributed by atoms with E-state index in [-0.39, 0.29) is 0 Å². The fraction of sp³-hybridized carbons (Fsp3) is 0.615. The second-order valence-electron chi connectivity index (χ2n) is 4.84. The molecule has 3 nitrogen and oxygen atoms in total. The monoisotopic (exact) mass is 253 g/mol. The van der Waals surface area contributed by atoms with Crippen molar-refractivity contribution in [3.05, 3.63) is 24.0 Å². The van der Waals surface area contributed by atoms with Crippen molar-refractivity contribution in [1.29, 1.82) is 0 Å². The minimum absolute atomic E-state index is 0.485. The average molecular weight is 254 g/mol. The lowest BCUT2D eigenvalue weighted by Crippen LogP contribution is -2.45. The first-order valence-corrected chi connectivity index (χ1v) is 6.66. The average Bonchev–Trinajstić information content (AvgIpc) is 2.39. The molecule has 1 aliphatic heterocycles. The molecule has 94 valence electrons. The third-order valence-electron chi connectivity index (χ3n) is 3.43. The van der Waals surface area contributed by atoms with E-state index >= 15 is 0 Å². The predicted molar refractivity (Wildman–Crippen MR) is 72.7 cm³/mol. The van der Waals surface area contributed by atoms with Gasteiger partial charge in [-0.1, -0.05) is 0 Å². The van der Waals surface area contributed by atoms with E-state index in [0.29, 0.717) is 11.9 Å². The lowest BCUT2D eigenvalue weighted by Gasteiger charge is -2.37. The second-order valence-corrected chi connectivity index (χ2v) is 5.11. The molecular weight excluding hydrogens is 234 g/mol. The minimum Gasteiger partial charge on any atom is -0.370 e. The smallest absolute Gasteiger partial charge is 0.0648 e. The number of pyridine rings is 1. The predicted octanol–water partition coefficient (Wildman–Crippen LogP) is 2.35. The molecule has 0 spiro atoms. The number of rotatable bonds is 3. The first-order valence-electron chi connectivity index (χ1n) is 6.13. The Bertz CT molecular complexity index is 367. The van der Waals surface area contributed by atoms with Crippen molar-refractivity contribution in [2.75, 3.05) is 32.1 Å². The Morgan fingerprint density at radius 2 is 2.35 bits per heavy atom. The number of piperidine rings is 1. The van der Waals surface area contributed by atoms with E-state index in [4.69, 9.17) is 11.6 Å². The fourth-order valence-corrected chi connectivity index (χ4v) is 2.49. The van der Waals surface area contributed by atoms with Gasteiger partial charge < -0.3 is 9.80 Å². The van der Waals surface area contributed by atoms with Crippen LogP contribution in [0.15, 0.2) is 18.3 Å². The van der Waals surface area contributed by atoms with E-state index in [1.165, 1.54) is 18.5 Å². The van der Waals surface area contributed by atoms with Crippen LogP contribution in [0.1, 0.15) is 18.5 Å². The van der Waals surface area contributed by atoms with Gasteiger partial charge in [0.05, 0.1) is 11.6 Å². The summed E-state index contributed by atoms with van der Waals surface area (Å²) in [5.41, 5.74) is 2.21. The molecule has 4 heteroatoms. The second kappa shape index (κ2) is 5.69. The number of likely N-dealkylation sites (N-methyl/N-ethyl adjacent to an activating group) is 1. The third-order valence-corrected chi connectivity index (χ3v) is 3.70. The molecule has 0 bridgehead atoms. The van der Waals surface area contributed by atoms with Gasteiger partial charge in [-0.05, 0) is 39.1 Å². The Morgan fingerprint density at radius 3 is 3.06 bits per heavy atom. The van der Waals surface area contributed by atoms with E-state index < -0.39 is 0 Å². The van der Waals surface area contributed by atoms with Crippen molar-refractivity contribution >= 4 is 17.3 Å². The highest BCUT2D eigenvalue weighted by atomic mass is 35.5. The molecule has 0 aliphatic carbocycles. The molecule has 1 atom stereocenters. The number of nitrogens with zero attached hydrogens (tertiary/aromatic N) is 3. The zero-order chi connectivity index (χ0) is 12.3. The SMILES string of the molecule is CN(C)C1CCCN(c2ccnc(CCl)c2)C1. The van der Waals surface area contributed by atoms with E-state index in [1.54, 1.807) is 0 Å². The van der Waals surface area contributed by atoms with Gasteiger partial charge in [0.1, 0.15) is 0 Å². The molecule has 0 aromatic carbocycles. The summed E-state index contributed by atoms with van der Waals surface area (Å²) in [6.07, 6.45) is 4.39. The lowest BCUT2D eigenvalue weighted by molar-refractivity contribution is 0.258. The van der Waals surface area contributed by atoms with Crippen molar-refractivity contribution in [2.24, 2.45) is 0 Å². The van der Waals surface area contributed by atoms with Crippen LogP contribution in [0, 0.1) is 0 Å². The Balaban J connectivity index is 2.10. The van der Waals surface area contributed by atoms with Gasteiger partial charge in [-0.25, -0.2) is 0 Å². The molecule has 0 saturated carbocycles. The summed E-state index contributed by atoms with van der Waals surface area (Å²) in [7, 11) is 4.32. The van der Waals surface area contributed by atoms with Crippen LogP contribution in [-0.4, -0.2) is 43.1 Å². The molecule has 0 N–H and O–H groups in total. The van der Waals surface area contributed by atoms with Crippen LogP contribution in [0.4, 0.5) is 5.69 Å². The molecule has 1 unspecified atom stereocenters. The first kappa shape index (κ1) is 12.7. The first-order chi connectivity index (χ1) is 8.20. The van der Waals surface area contributed by atoms with Crippen LogP contribution in [-0.2, 0) is 5.88 Å². The van der Waals surface area contributed by atoms with Crippen LogP contribution >= 0.6 is 11.6 Å². The largest absolute Gasteiger partial charge is 0.370 e. The summed E-state index contributed by atoms with van der Waals surface area (Å²) in [6.45, 7) is 2.23. The maximum atomic E-state index is 5.83. The van der Waals surface area contributed by atoms with Gasteiger partial charge in [0.2, 0.25) is 0 Å². The van der Waals surface area contributed by atoms with E-state index in [1.807, 2.05) is 6.20 Å². The molecular formula is C13H20ClN3. The maximum Gasteiger partial charge on any atom is 0.0648 e. The van der Waals surface area contributed by atoms with Gasteiger partial charge in [0.15, 0.2) is 0 Å². The van der Waals surface area contributed by atoms with Gasteiger partial charge in [0, 0.05) is 31.0 Å². The number of halogens is 1. The van der Waals surface area contributed by atoms with Crippen molar-refractivity contribution < 1.29 is 0 Å². The van der Waals surface area contributed by atoms with Crippen LogP contribution < -0.4 is 4.90 Å². The minimum atomic E-state index is 0.485. The number of hydrogen-bond donors (Lipinski definition) is 0. The summed E-state index contributed by atoms with van der Waals surface area (Å²) >= 11 is 5.83. The summed E-state index contributed by atoms with van der Waals surface area (Å²) in [4.78, 5) is 8.99. The van der Waals surface area contributed by atoms with Gasteiger partial charge in [-0.2, -0.15) is 0 Å². The summed E-state index contributed by atoms with van der Waals surface area (Å²) in [6, 6.07) is 4.83. The van der Waals surface area contributed by atoms with Gasteiger partial charge >= 0.3 is 0 Å². The summed E-state index contributed by atoms with van der Waals surface area (Å²) < 4.78 is 0. The van der Waals surface area contributed by atoms with E-state index in [0.717, 1.165) is 18.8 Å². The Hall–Kier alpha value is -0.800. The van der Waals surface area contributed by atoms with E-state index in [9.17, 15) is 0 Å². The van der Waals surface area contributed by atoms with Gasteiger partial charge in [0.25, 0.3) is 0 Å². The highest BCUT2D eigenvalue weighted by Crippen LogP contribution is 2.22. The molecule has 1 fully saturated rings. The van der Waals surface area contributed by atoms with Gasteiger partial charge in [-0.3, -0.25) is 4.98 Å². The third kappa shape index (κ3) is 3.11. The zero-order valence-corrected chi connectivity index (χ0v) is 11.3. The quantitative estimate of drug-likeness (QED) is 0.771. The highest BCUT2D eigenvalue weighted by molar-refractivity contribution is 6.16. The van der Waals surface area contributed by atoms with Crippen molar-refractivity contribution in [3.63, 3.8) is 0 Å². The van der Waals surface area contributed by atoms with Crippen LogP contribution in [0.2, 0.25) is 0 Å². The number of anilines is 1. The number of aromatic nitrogens is 1. The normalized spacial score (nSPS) is 20.9. The van der Waals surface area contributed by atoms with Crippen molar-refractivity contribution in [1.82, 2.24) is 9.88 Å². The summed E-state index contributed by atoms with van der Waals surface area (Å²) in [5, 5.41) is 0. The Kier molecular flexibility index (Phi) is 4.24.